The van der Waals surface area contributed by atoms with Gasteiger partial charge < -0.3 is 10.2 Å². The van der Waals surface area contributed by atoms with E-state index in [2.05, 4.69) is 29.2 Å². The molecule has 23 heavy (non-hydrogen) atoms. The number of aryl methyl sites for hydroxylation is 1. The van der Waals surface area contributed by atoms with E-state index in [0.29, 0.717) is 24.7 Å². The SMILES string of the molecule is CCn1nc(CC(C)C)cc1C(=O)NCc1csc(N(C)C)n1. The molecule has 0 unspecified atom stereocenters. The highest BCUT2D eigenvalue weighted by molar-refractivity contribution is 7.13. The molecule has 1 amide bonds. The second kappa shape index (κ2) is 7.59. The van der Waals surface area contributed by atoms with Gasteiger partial charge in [-0.05, 0) is 25.3 Å². The number of anilines is 1. The lowest BCUT2D eigenvalue weighted by Gasteiger charge is -2.06. The topological polar surface area (TPSA) is 63.1 Å². The van der Waals surface area contributed by atoms with Gasteiger partial charge in [0.25, 0.3) is 5.91 Å². The summed E-state index contributed by atoms with van der Waals surface area (Å²) in [6.07, 6.45) is 0.881. The van der Waals surface area contributed by atoms with E-state index in [0.717, 1.165) is 22.9 Å². The van der Waals surface area contributed by atoms with E-state index in [-0.39, 0.29) is 5.91 Å². The molecule has 0 spiro atoms. The lowest BCUT2D eigenvalue weighted by Crippen LogP contribution is -2.25. The van der Waals surface area contributed by atoms with Gasteiger partial charge in [0.05, 0.1) is 17.9 Å². The number of rotatable bonds is 7. The van der Waals surface area contributed by atoms with Crippen molar-refractivity contribution in [2.45, 2.75) is 40.3 Å². The predicted octanol–water partition coefficient (Wildman–Crippen LogP) is 2.55. The molecular formula is C16H25N5OS. The van der Waals surface area contributed by atoms with E-state index in [1.807, 2.05) is 37.4 Å². The van der Waals surface area contributed by atoms with Crippen LogP contribution in [0.3, 0.4) is 0 Å². The average molecular weight is 335 g/mol. The fourth-order valence-corrected chi connectivity index (χ4v) is 3.01. The molecule has 0 bridgehead atoms. The van der Waals surface area contributed by atoms with Crippen LogP contribution in [0.4, 0.5) is 5.13 Å². The third kappa shape index (κ3) is 4.54. The minimum absolute atomic E-state index is 0.103. The number of carbonyl (C=O) groups is 1. The maximum atomic E-state index is 12.4. The normalized spacial score (nSPS) is 11.0. The van der Waals surface area contributed by atoms with Gasteiger partial charge in [-0.3, -0.25) is 9.48 Å². The van der Waals surface area contributed by atoms with Crippen LogP contribution in [0.25, 0.3) is 0 Å². The molecule has 0 saturated carbocycles. The first kappa shape index (κ1) is 17.5. The van der Waals surface area contributed by atoms with Crippen molar-refractivity contribution in [3.05, 3.63) is 28.5 Å². The van der Waals surface area contributed by atoms with Gasteiger partial charge in [-0.1, -0.05) is 13.8 Å². The summed E-state index contributed by atoms with van der Waals surface area (Å²) in [6, 6.07) is 1.89. The Hall–Kier alpha value is -1.89. The Balaban J connectivity index is 2.03. The van der Waals surface area contributed by atoms with E-state index in [1.54, 1.807) is 16.0 Å². The molecule has 0 fully saturated rings. The monoisotopic (exact) mass is 335 g/mol. The molecule has 0 saturated heterocycles. The van der Waals surface area contributed by atoms with Crippen molar-refractivity contribution in [3.8, 4) is 0 Å². The van der Waals surface area contributed by atoms with Crippen LogP contribution in [-0.4, -0.2) is 34.8 Å². The number of hydrogen-bond acceptors (Lipinski definition) is 5. The van der Waals surface area contributed by atoms with Gasteiger partial charge in [0, 0.05) is 26.0 Å². The van der Waals surface area contributed by atoms with E-state index >= 15 is 0 Å². The largest absolute Gasteiger partial charge is 0.354 e. The van der Waals surface area contributed by atoms with E-state index in [1.165, 1.54) is 0 Å². The zero-order valence-electron chi connectivity index (χ0n) is 14.5. The summed E-state index contributed by atoms with van der Waals surface area (Å²) in [6.45, 7) is 7.40. The van der Waals surface area contributed by atoms with Crippen LogP contribution >= 0.6 is 11.3 Å². The minimum atomic E-state index is -0.103. The second-order valence-corrected chi connectivity index (χ2v) is 6.97. The maximum Gasteiger partial charge on any atom is 0.269 e. The van der Waals surface area contributed by atoms with Gasteiger partial charge in [0.2, 0.25) is 0 Å². The molecule has 0 radical (unpaired) electrons. The van der Waals surface area contributed by atoms with Crippen LogP contribution in [-0.2, 0) is 19.5 Å². The Kier molecular flexibility index (Phi) is 5.76. The second-order valence-electron chi connectivity index (χ2n) is 6.13. The molecule has 0 atom stereocenters. The van der Waals surface area contributed by atoms with Crippen molar-refractivity contribution >= 4 is 22.4 Å². The summed E-state index contributed by atoms with van der Waals surface area (Å²) in [7, 11) is 3.91. The summed E-state index contributed by atoms with van der Waals surface area (Å²) in [5.74, 6) is 0.416. The third-order valence-electron chi connectivity index (χ3n) is 3.33. The van der Waals surface area contributed by atoms with Gasteiger partial charge in [0.1, 0.15) is 5.69 Å². The van der Waals surface area contributed by atoms with Gasteiger partial charge in [-0.2, -0.15) is 5.10 Å². The lowest BCUT2D eigenvalue weighted by molar-refractivity contribution is 0.0940. The molecule has 2 aromatic heterocycles. The van der Waals surface area contributed by atoms with Crippen molar-refractivity contribution in [2.75, 3.05) is 19.0 Å². The van der Waals surface area contributed by atoms with Gasteiger partial charge in [-0.25, -0.2) is 4.98 Å². The van der Waals surface area contributed by atoms with Crippen molar-refractivity contribution < 1.29 is 4.79 Å². The number of hydrogen-bond donors (Lipinski definition) is 1. The number of thiazole rings is 1. The number of amides is 1. The molecule has 6 nitrogen and oxygen atoms in total. The Morgan fingerprint density at radius 1 is 1.39 bits per heavy atom. The summed E-state index contributed by atoms with van der Waals surface area (Å²) >= 11 is 1.57. The zero-order chi connectivity index (χ0) is 17.0. The quantitative estimate of drug-likeness (QED) is 0.845. The summed E-state index contributed by atoms with van der Waals surface area (Å²) in [5, 5.41) is 10.3. The Labute approximate surface area is 141 Å². The molecule has 2 aromatic rings. The van der Waals surface area contributed by atoms with Crippen molar-refractivity contribution in [2.24, 2.45) is 5.92 Å². The lowest BCUT2D eigenvalue weighted by atomic mass is 10.1. The first-order valence-electron chi connectivity index (χ1n) is 7.87. The van der Waals surface area contributed by atoms with E-state index in [9.17, 15) is 4.79 Å². The number of nitrogens with one attached hydrogen (secondary N) is 1. The Morgan fingerprint density at radius 2 is 2.13 bits per heavy atom. The highest BCUT2D eigenvalue weighted by Gasteiger charge is 2.15. The predicted molar refractivity (Wildman–Crippen MR) is 94.1 cm³/mol. The number of aromatic nitrogens is 3. The smallest absolute Gasteiger partial charge is 0.269 e. The third-order valence-corrected chi connectivity index (χ3v) is 4.39. The molecule has 0 aliphatic rings. The Morgan fingerprint density at radius 3 is 2.70 bits per heavy atom. The van der Waals surface area contributed by atoms with Crippen LogP contribution < -0.4 is 10.2 Å². The fraction of sp³-hybridized carbons (Fsp3) is 0.562. The van der Waals surface area contributed by atoms with Crippen molar-refractivity contribution in [3.63, 3.8) is 0 Å². The Bertz CT molecular complexity index is 659. The van der Waals surface area contributed by atoms with Crippen LogP contribution in [0, 0.1) is 5.92 Å². The first-order chi connectivity index (χ1) is 10.9. The van der Waals surface area contributed by atoms with Crippen LogP contribution in [0.15, 0.2) is 11.4 Å². The first-order valence-corrected chi connectivity index (χ1v) is 8.75. The molecule has 126 valence electrons. The molecule has 7 heteroatoms. The molecule has 2 heterocycles. The zero-order valence-corrected chi connectivity index (χ0v) is 15.3. The van der Waals surface area contributed by atoms with Crippen LogP contribution in [0.5, 0.6) is 0 Å². The average Bonchev–Trinajstić information content (AvgIpc) is 3.10. The standard InChI is InChI=1S/C16H25N5OS/c1-6-21-14(8-12(19-21)7-11(2)3)15(22)17-9-13-10-23-16(18-13)20(4)5/h8,10-11H,6-7,9H2,1-5H3,(H,17,22). The van der Waals surface area contributed by atoms with Crippen LogP contribution in [0.2, 0.25) is 0 Å². The molecule has 0 aliphatic heterocycles. The minimum Gasteiger partial charge on any atom is -0.354 e. The van der Waals surface area contributed by atoms with Gasteiger partial charge >= 0.3 is 0 Å². The molecule has 0 aromatic carbocycles. The number of nitrogens with zero attached hydrogens (tertiary/aromatic N) is 4. The van der Waals surface area contributed by atoms with E-state index < -0.39 is 0 Å². The highest BCUT2D eigenvalue weighted by Crippen LogP contribution is 2.18. The summed E-state index contributed by atoms with van der Waals surface area (Å²) in [4.78, 5) is 18.9. The van der Waals surface area contributed by atoms with Crippen molar-refractivity contribution in [1.29, 1.82) is 0 Å². The van der Waals surface area contributed by atoms with Crippen molar-refractivity contribution in [1.82, 2.24) is 20.1 Å². The van der Waals surface area contributed by atoms with Gasteiger partial charge in [-0.15, -0.1) is 11.3 Å². The summed E-state index contributed by atoms with van der Waals surface area (Å²) < 4.78 is 1.76. The van der Waals surface area contributed by atoms with Crippen LogP contribution in [0.1, 0.15) is 42.6 Å². The molecule has 1 N–H and O–H groups in total. The summed E-state index contributed by atoms with van der Waals surface area (Å²) in [5.41, 5.74) is 2.46. The molecule has 2 rings (SSSR count). The molecule has 0 aliphatic carbocycles. The van der Waals surface area contributed by atoms with E-state index in [4.69, 9.17) is 0 Å². The maximum absolute atomic E-state index is 12.4. The number of carbonyl (C=O) groups excluding carboxylic acids is 1. The van der Waals surface area contributed by atoms with Gasteiger partial charge in [0.15, 0.2) is 5.13 Å². The molecular weight excluding hydrogens is 310 g/mol. The highest BCUT2D eigenvalue weighted by atomic mass is 32.1. The fourth-order valence-electron chi connectivity index (χ4n) is 2.26.